The molecule has 1 aromatic carbocycles. The van der Waals surface area contributed by atoms with Gasteiger partial charge in [0.1, 0.15) is 18.3 Å². The molecule has 1 aromatic rings. The van der Waals surface area contributed by atoms with Crippen LogP contribution < -0.4 is 4.74 Å². The third-order valence-electron chi connectivity index (χ3n) is 4.03. The second-order valence-electron chi connectivity index (χ2n) is 6.45. The molecule has 0 aliphatic heterocycles. The van der Waals surface area contributed by atoms with Gasteiger partial charge in [-0.1, -0.05) is 26.0 Å². The molecular formula is C19H30O5. The number of carbonyl (C=O) groups is 1. The van der Waals surface area contributed by atoms with E-state index in [1.165, 1.54) is 0 Å². The Balaban J connectivity index is 3.11. The molecule has 5 nitrogen and oxygen atoms in total. The molecule has 0 spiro atoms. The van der Waals surface area contributed by atoms with Gasteiger partial charge in [-0.25, -0.2) is 0 Å². The zero-order valence-electron chi connectivity index (χ0n) is 15.7. The van der Waals surface area contributed by atoms with E-state index in [9.17, 15) is 4.79 Å². The summed E-state index contributed by atoms with van der Waals surface area (Å²) < 4.78 is 21.8. The van der Waals surface area contributed by atoms with Crippen molar-refractivity contribution >= 4 is 5.78 Å². The van der Waals surface area contributed by atoms with Crippen LogP contribution in [0.2, 0.25) is 0 Å². The van der Waals surface area contributed by atoms with Crippen molar-refractivity contribution in [2.24, 2.45) is 5.92 Å². The quantitative estimate of drug-likeness (QED) is 0.574. The fourth-order valence-electron chi connectivity index (χ4n) is 2.43. The molecule has 1 rings (SSSR count). The number of carbonyl (C=O) groups excluding carboxylic acids is 1. The minimum absolute atomic E-state index is 0.0129. The first-order valence-corrected chi connectivity index (χ1v) is 8.22. The maximum absolute atomic E-state index is 12.1. The lowest BCUT2D eigenvalue weighted by molar-refractivity contribution is -0.139. The van der Waals surface area contributed by atoms with Crippen LogP contribution in [0, 0.1) is 12.8 Å². The second-order valence-corrected chi connectivity index (χ2v) is 6.45. The Bertz CT molecular complexity index is 526. The fourth-order valence-corrected chi connectivity index (χ4v) is 2.43. The molecule has 24 heavy (non-hydrogen) atoms. The van der Waals surface area contributed by atoms with Gasteiger partial charge in [0.25, 0.3) is 0 Å². The minimum Gasteiger partial charge on any atom is -0.467 e. The van der Waals surface area contributed by atoms with Crippen molar-refractivity contribution in [1.29, 1.82) is 0 Å². The lowest BCUT2D eigenvalue weighted by Crippen LogP contribution is -2.29. The standard InChI is InChI=1S/C19H30O5/c1-14(2)17(20)9-10-19(4,24-13-22-6)16-8-7-15(3)11-18(16)23-12-21-5/h7-8,11,14H,9-10,12-13H2,1-6H3. The van der Waals surface area contributed by atoms with Crippen LogP contribution in [-0.2, 0) is 24.6 Å². The molecule has 5 heteroatoms. The van der Waals surface area contributed by atoms with E-state index in [0.717, 1.165) is 11.1 Å². The Morgan fingerprint density at radius 2 is 1.83 bits per heavy atom. The number of hydrogen-bond acceptors (Lipinski definition) is 5. The first-order chi connectivity index (χ1) is 11.3. The number of methoxy groups -OCH3 is 2. The van der Waals surface area contributed by atoms with Crippen molar-refractivity contribution in [2.45, 2.75) is 46.1 Å². The highest BCUT2D eigenvalue weighted by Gasteiger charge is 2.32. The van der Waals surface area contributed by atoms with Crippen LogP contribution in [-0.4, -0.2) is 33.6 Å². The van der Waals surface area contributed by atoms with Crippen LogP contribution >= 0.6 is 0 Å². The van der Waals surface area contributed by atoms with Crippen LogP contribution in [0.25, 0.3) is 0 Å². The SMILES string of the molecule is COCOc1cc(C)ccc1C(C)(CCC(=O)C(C)C)OCOC. The van der Waals surface area contributed by atoms with Gasteiger partial charge in [0.15, 0.2) is 6.79 Å². The van der Waals surface area contributed by atoms with Gasteiger partial charge in [-0.15, -0.1) is 0 Å². The van der Waals surface area contributed by atoms with E-state index < -0.39 is 5.60 Å². The molecule has 0 N–H and O–H groups in total. The van der Waals surface area contributed by atoms with Crippen molar-refractivity contribution < 1.29 is 23.7 Å². The first-order valence-electron chi connectivity index (χ1n) is 8.22. The summed E-state index contributed by atoms with van der Waals surface area (Å²) in [5, 5.41) is 0. The highest BCUT2D eigenvalue weighted by molar-refractivity contribution is 5.80. The Morgan fingerprint density at radius 1 is 1.17 bits per heavy atom. The summed E-state index contributed by atoms with van der Waals surface area (Å²) in [6.45, 7) is 8.08. The zero-order valence-corrected chi connectivity index (χ0v) is 15.7. The average Bonchev–Trinajstić information content (AvgIpc) is 2.55. The Hall–Kier alpha value is -1.43. The molecule has 1 atom stereocenters. The van der Waals surface area contributed by atoms with Crippen molar-refractivity contribution in [3.8, 4) is 5.75 Å². The highest BCUT2D eigenvalue weighted by Crippen LogP contribution is 2.37. The van der Waals surface area contributed by atoms with Crippen LogP contribution in [0.3, 0.4) is 0 Å². The van der Waals surface area contributed by atoms with Gasteiger partial charge < -0.3 is 18.9 Å². The number of rotatable bonds is 11. The van der Waals surface area contributed by atoms with Crippen LogP contribution in [0.15, 0.2) is 18.2 Å². The number of hydrogen-bond donors (Lipinski definition) is 0. The van der Waals surface area contributed by atoms with Crippen LogP contribution in [0.4, 0.5) is 0 Å². The van der Waals surface area contributed by atoms with E-state index in [1.54, 1.807) is 14.2 Å². The fraction of sp³-hybridized carbons (Fsp3) is 0.632. The van der Waals surface area contributed by atoms with Gasteiger partial charge in [0.05, 0.1) is 5.60 Å². The molecule has 136 valence electrons. The Morgan fingerprint density at radius 3 is 2.42 bits per heavy atom. The lowest BCUT2D eigenvalue weighted by atomic mass is 9.87. The van der Waals surface area contributed by atoms with Gasteiger partial charge in [0.2, 0.25) is 0 Å². The van der Waals surface area contributed by atoms with Crippen LogP contribution in [0.5, 0.6) is 5.75 Å². The Labute approximate surface area is 145 Å². The zero-order chi connectivity index (χ0) is 18.2. The lowest BCUT2D eigenvalue weighted by Gasteiger charge is -2.32. The molecular weight excluding hydrogens is 308 g/mol. The van der Waals surface area contributed by atoms with Crippen molar-refractivity contribution in [3.63, 3.8) is 0 Å². The van der Waals surface area contributed by atoms with Crippen molar-refractivity contribution in [2.75, 3.05) is 27.8 Å². The number of ether oxygens (including phenoxy) is 4. The van der Waals surface area contributed by atoms with E-state index >= 15 is 0 Å². The predicted molar refractivity (Wildman–Crippen MR) is 93.1 cm³/mol. The highest BCUT2D eigenvalue weighted by atomic mass is 16.7. The van der Waals surface area contributed by atoms with Crippen molar-refractivity contribution in [1.82, 2.24) is 0 Å². The summed E-state index contributed by atoms with van der Waals surface area (Å²) in [4.78, 5) is 12.1. The third-order valence-corrected chi connectivity index (χ3v) is 4.03. The summed E-state index contributed by atoms with van der Waals surface area (Å²) in [5.74, 6) is 0.931. The Kier molecular flexibility index (Phi) is 8.39. The molecule has 0 saturated carbocycles. The van der Waals surface area contributed by atoms with Gasteiger partial charge in [-0.3, -0.25) is 4.79 Å². The molecule has 0 heterocycles. The van der Waals surface area contributed by atoms with Gasteiger partial charge in [-0.2, -0.15) is 0 Å². The second kappa shape index (κ2) is 9.77. The normalized spacial score (nSPS) is 13.8. The largest absolute Gasteiger partial charge is 0.467 e. The van der Waals surface area contributed by atoms with E-state index in [2.05, 4.69) is 0 Å². The predicted octanol–water partition coefficient (Wildman–Crippen LogP) is 3.82. The van der Waals surface area contributed by atoms with Gasteiger partial charge in [0, 0.05) is 32.1 Å². The smallest absolute Gasteiger partial charge is 0.188 e. The number of aryl methyl sites for hydroxylation is 1. The van der Waals surface area contributed by atoms with Gasteiger partial charge >= 0.3 is 0 Å². The third kappa shape index (κ3) is 5.89. The maximum Gasteiger partial charge on any atom is 0.188 e. The monoisotopic (exact) mass is 338 g/mol. The maximum atomic E-state index is 12.1. The summed E-state index contributed by atoms with van der Waals surface area (Å²) >= 11 is 0. The topological polar surface area (TPSA) is 54.0 Å². The van der Waals surface area contributed by atoms with Crippen molar-refractivity contribution in [3.05, 3.63) is 29.3 Å². The molecule has 0 amide bonds. The van der Waals surface area contributed by atoms with E-state index in [1.807, 2.05) is 45.9 Å². The molecule has 1 unspecified atom stereocenters. The van der Waals surface area contributed by atoms with Gasteiger partial charge in [-0.05, 0) is 31.9 Å². The summed E-state index contributed by atoms with van der Waals surface area (Å²) in [6.07, 6.45) is 0.995. The number of benzene rings is 1. The average molecular weight is 338 g/mol. The minimum atomic E-state index is -0.683. The molecule has 0 radical (unpaired) electrons. The molecule has 0 fully saturated rings. The summed E-state index contributed by atoms with van der Waals surface area (Å²) in [5.41, 5.74) is 1.29. The van der Waals surface area contributed by atoms with E-state index in [0.29, 0.717) is 18.6 Å². The summed E-state index contributed by atoms with van der Waals surface area (Å²) in [7, 11) is 3.16. The molecule has 0 saturated heterocycles. The number of Topliss-reactive ketones (excluding diaryl/α,β-unsaturated/α-hetero) is 1. The van der Waals surface area contributed by atoms with E-state index in [-0.39, 0.29) is 25.3 Å². The molecule has 0 aliphatic carbocycles. The van der Waals surface area contributed by atoms with Crippen LogP contribution in [0.1, 0.15) is 44.7 Å². The molecule has 0 aromatic heterocycles. The molecule has 0 aliphatic rings. The first kappa shape index (κ1) is 20.6. The van der Waals surface area contributed by atoms with E-state index in [4.69, 9.17) is 18.9 Å². The number of ketones is 1. The summed E-state index contributed by atoms with van der Waals surface area (Å²) in [6, 6.07) is 5.94. The molecule has 0 bridgehead atoms.